The van der Waals surface area contributed by atoms with Gasteiger partial charge in [0.15, 0.2) is 0 Å². The monoisotopic (exact) mass is 268 g/mol. The average molecular weight is 268 g/mol. The van der Waals surface area contributed by atoms with Crippen LogP contribution in [0.25, 0.3) is 0 Å². The van der Waals surface area contributed by atoms with Crippen LogP contribution in [0.1, 0.15) is 29.4 Å². The van der Waals surface area contributed by atoms with Crippen molar-refractivity contribution >= 4 is 27.9 Å². The fourth-order valence-electron chi connectivity index (χ4n) is 2.09. The minimum absolute atomic E-state index is 0.0834. The summed E-state index contributed by atoms with van der Waals surface area (Å²) >= 11 is 1.46. The van der Waals surface area contributed by atoms with Crippen LogP contribution in [0.5, 0.6) is 0 Å². The van der Waals surface area contributed by atoms with E-state index in [-0.39, 0.29) is 5.91 Å². The van der Waals surface area contributed by atoms with Gasteiger partial charge in [0.2, 0.25) is 0 Å². The summed E-state index contributed by atoms with van der Waals surface area (Å²) in [5.41, 5.74) is 12.4. The minimum atomic E-state index is -0.0834. The quantitative estimate of drug-likeness (QED) is 0.764. The van der Waals surface area contributed by atoms with Gasteiger partial charge in [-0.1, -0.05) is 0 Å². The number of carbonyl (C=O) groups excluding carboxylic acids is 1. The maximum Gasteiger partial charge on any atom is 0.263 e. The largest absolute Gasteiger partial charge is 0.397 e. The van der Waals surface area contributed by atoms with Gasteiger partial charge in [0.05, 0.1) is 10.7 Å². The predicted molar refractivity (Wildman–Crippen MR) is 76.2 cm³/mol. The highest BCUT2D eigenvalue weighted by molar-refractivity contribution is 7.18. The van der Waals surface area contributed by atoms with E-state index in [1.165, 1.54) is 11.3 Å². The van der Waals surface area contributed by atoms with Crippen molar-refractivity contribution in [2.75, 3.05) is 30.3 Å². The molecule has 5 nitrogen and oxygen atoms in total. The number of thiophene rings is 1. The third-order valence-corrected chi connectivity index (χ3v) is 4.35. The number of carbonyl (C=O) groups is 1. The normalized spacial score (nSPS) is 16.9. The van der Waals surface area contributed by atoms with Crippen LogP contribution in [-0.2, 0) is 0 Å². The number of piperidine rings is 1. The molecule has 5 N–H and O–H groups in total. The highest BCUT2D eigenvalue weighted by Gasteiger charge is 2.21. The van der Waals surface area contributed by atoms with Crippen molar-refractivity contribution in [3.8, 4) is 0 Å². The Hall–Kier alpha value is -1.27. The minimum Gasteiger partial charge on any atom is -0.397 e. The first kappa shape index (κ1) is 13.2. The van der Waals surface area contributed by atoms with Crippen LogP contribution in [0.15, 0.2) is 6.07 Å². The molecule has 0 aromatic carbocycles. The van der Waals surface area contributed by atoms with Crippen LogP contribution in [-0.4, -0.2) is 31.6 Å². The smallest absolute Gasteiger partial charge is 0.263 e. The molecular formula is C12H20N4OS. The molecule has 1 aliphatic heterocycles. The summed E-state index contributed by atoms with van der Waals surface area (Å²) in [6.07, 6.45) is 1.99. The van der Waals surface area contributed by atoms with Crippen molar-refractivity contribution < 1.29 is 4.79 Å². The Labute approximate surface area is 111 Å². The number of nitrogen functional groups attached to an aromatic ring is 1. The molecule has 0 bridgehead atoms. The molecule has 1 aromatic rings. The molecule has 0 aliphatic carbocycles. The summed E-state index contributed by atoms with van der Waals surface area (Å²) in [7, 11) is 0. The number of amides is 1. The van der Waals surface area contributed by atoms with Crippen LogP contribution in [0.2, 0.25) is 0 Å². The number of hydrogen-bond donors (Lipinski definition) is 3. The van der Waals surface area contributed by atoms with Crippen molar-refractivity contribution in [2.24, 2.45) is 5.73 Å². The molecule has 0 atom stereocenters. The molecule has 2 rings (SSSR count). The van der Waals surface area contributed by atoms with E-state index in [9.17, 15) is 4.79 Å². The van der Waals surface area contributed by atoms with Crippen molar-refractivity contribution in [3.05, 3.63) is 10.9 Å². The number of hydrogen-bond acceptors (Lipinski definition) is 5. The Bertz CT molecular complexity index is 424. The molecule has 0 unspecified atom stereocenters. The Morgan fingerprint density at radius 2 is 2.22 bits per heavy atom. The predicted octanol–water partition coefficient (Wildman–Crippen LogP) is 1.01. The summed E-state index contributed by atoms with van der Waals surface area (Å²) in [6.45, 7) is 4.39. The van der Waals surface area contributed by atoms with Gasteiger partial charge >= 0.3 is 0 Å². The van der Waals surface area contributed by atoms with Gasteiger partial charge in [-0.25, -0.2) is 0 Å². The summed E-state index contributed by atoms with van der Waals surface area (Å²) in [6, 6.07) is 2.20. The first-order chi connectivity index (χ1) is 8.61. The summed E-state index contributed by atoms with van der Waals surface area (Å²) in [5, 5.41) is 3.85. The van der Waals surface area contributed by atoms with Crippen LogP contribution in [0.3, 0.4) is 0 Å². The second-order valence-electron chi connectivity index (χ2n) is 4.55. The summed E-state index contributed by atoms with van der Waals surface area (Å²) < 4.78 is 0. The van der Waals surface area contributed by atoms with Gasteiger partial charge in [-0.2, -0.15) is 0 Å². The zero-order valence-corrected chi connectivity index (χ0v) is 11.4. The lowest BCUT2D eigenvalue weighted by molar-refractivity contribution is 0.0960. The lowest BCUT2D eigenvalue weighted by Gasteiger charge is -2.30. The Morgan fingerprint density at radius 3 is 2.83 bits per heavy atom. The maximum absolute atomic E-state index is 11.8. The SMILES string of the molecule is CCNC(=O)c1sc(N2CCC(N)CC2)cc1N. The molecule has 1 amide bonds. The number of nitrogens with two attached hydrogens (primary N) is 2. The van der Waals surface area contributed by atoms with E-state index in [0.29, 0.717) is 23.2 Å². The van der Waals surface area contributed by atoms with Crippen LogP contribution >= 0.6 is 11.3 Å². The lowest BCUT2D eigenvalue weighted by Crippen LogP contribution is -2.39. The molecule has 1 fully saturated rings. The second-order valence-corrected chi connectivity index (χ2v) is 5.58. The lowest BCUT2D eigenvalue weighted by atomic mass is 10.1. The van der Waals surface area contributed by atoms with E-state index in [2.05, 4.69) is 10.2 Å². The molecule has 0 radical (unpaired) electrons. The standard InChI is InChI=1S/C12H20N4OS/c1-2-15-12(17)11-9(14)7-10(18-11)16-5-3-8(13)4-6-16/h7-8H,2-6,13-14H2,1H3,(H,15,17). The number of nitrogens with one attached hydrogen (secondary N) is 1. The molecule has 2 heterocycles. The van der Waals surface area contributed by atoms with E-state index >= 15 is 0 Å². The van der Waals surface area contributed by atoms with Crippen LogP contribution < -0.4 is 21.7 Å². The van der Waals surface area contributed by atoms with Gasteiger partial charge in [-0.15, -0.1) is 11.3 Å². The van der Waals surface area contributed by atoms with Crippen molar-refractivity contribution in [1.82, 2.24) is 5.32 Å². The van der Waals surface area contributed by atoms with Gasteiger partial charge in [0, 0.05) is 25.7 Å². The first-order valence-electron chi connectivity index (χ1n) is 6.29. The molecule has 6 heteroatoms. The van der Waals surface area contributed by atoms with E-state index in [4.69, 9.17) is 11.5 Å². The van der Waals surface area contributed by atoms with E-state index < -0.39 is 0 Å². The first-order valence-corrected chi connectivity index (χ1v) is 7.11. The zero-order valence-electron chi connectivity index (χ0n) is 10.6. The Kier molecular flexibility index (Phi) is 4.08. The summed E-state index contributed by atoms with van der Waals surface area (Å²) in [5.74, 6) is -0.0834. The fraction of sp³-hybridized carbons (Fsp3) is 0.583. The fourth-order valence-corrected chi connectivity index (χ4v) is 3.13. The van der Waals surface area contributed by atoms with Gasteiger partial charge in [-0.3, -0.25) is 4.79 Å². The topological polar surface area (TPSA) is 84.4 Å². The maximum atomic E-state index is 11.8. The summed E-state index contributed by atoms with van der Waals surface area (Å²) in [4.78, 5) is 14.7. The number of nitrogens with zero attached hydrogens (tertiary/aromatic N) is 1. The van der Waals surface area contributed by atoms with E-state index in [1.807, 2.05) is 13.0 Å². The van der Waals surface area contributed by atoms with Crippen LogP contribution in [0, 0.1) is 0 Å². The van der Waals surface area contributed by atoms with Gasteiger partial charge in [-0.05, 0) is 25.8 Å². The second kappa shape index (κ2) is 5.58. The van der Waals surface area contributed by atoms with E-state index in [0.717, 1.165) is 30.9 Å². The third kappa shape index (κ3) is 2.76. The van der Waals surface area contributed by atoms with Gasteiger partial charge < -0.3 is 21.7 Å². The van der Waals surface area contributed by atoms with Gasteiger partial charge in [0.1, 0.15) is 4.88 Å². The average Bonchev–Trinajstić information content (AvgIpc) is 2.72. The molecular weight excluding hydrogens is 248 g/mol. The molecule has 0 saturated carbocycles. The highest BCUT2D eigenvalue weighted by atomic mass is 32.1. The van der Waals surface area contributed by atoms with Gasteiger partial charge in [0.25, 0.3) is 5.91 Å². The molecule has 1 aliphatic rings. The Morgan fingerprint density at radius 1 is 1.56 bits per heavy atom. The molecule has 0 spiro atoms. The number of rotatable bonds is 3. The molecule has 1 saturated heterocycles. The van der Waals surface area contributed by atoms with Crippen LogP contribution in [0.4, 0.5) is 10.7 Å². The number of anilines is 2. The molecule has 1 aromatic heterocycles. The van der Waals surface area contributed by atoms with E-state index in [1.54, 1.807) is 0 Å². The zero-order chi connectivity index (χ0) is 13.1. The molecule has 100 valence electrons. The van der Waals surface area contributed by atoms with Crippen molar-refractivity contribution in [3.63, 3.8) is 0 Å². The van der Waals surface area contributed by atoms with Crippen molar-refractivity contribution in [2.45, 2.75) is 25.8 Å². The van der Waals surface area contributed by atoms with Crippen molar-refractivity contribution in [1.29, 1.82) is 0 Å². The highest BCUT2D eigenvalue weighted by Crippen LogP contribution is 2.33. The Balaban J connectivity index is 2.11. The third-order valence-electron chi connectivity index (χ3n) is 3.14. The molecule has 18 heavy (non-hydrogen) atoms.